The van der Waals surface area contributed by atoms with Crippen molar-refractivity contribution in [1.82, 2.24) is 25.6 Å². The van der Waals surface area contributed by atoms with Crippen LogP contribution in [0.1, 0.15) is 23.3 Å². The van der Waals surface area contributed by atoms with Gasteiger partial charge in [0.25, 0.3) is 5.91 Å². The SMILES string of the molecule is O=C(N[C@H]1CCCNC1)c1cn(-c2ccccc2Cl)nn1. The molecule has 1 amide bonds. The summed E-state index contributed by atoms with van der Waals surface area (Å²) in [5.74, 6) is -0.206. The van der Waals surface area contributed by atoms with Crippen molar-refractivity contribution in [2.24, 2.45) is 0 Å². The smallest absolute Gasteiger partial charge is 0.273 e. The molecule has 2 N–H and O–H groups in total. The summed E-state index contributed by atoms with van der Waals surface area (Å²) in [4.78, 5) is 12.2. The summed E-state index contributed by atoms with van der Waals surface area (Å²) in [6.07, 6.45) is 3.64. The van der Waals surface area contributed by atoms with E-state index in [0.717, 1.165) is 25.9 Å². The molecule has 1 saturated heterocycles. The molecule has 0 aliphatic carbocycles. The monoisotopic (exact) mass is 305 g/mol. The van der Waals surface area contributed by atoms with Crippen molar-refractivity contribution in [3.63, 3.8) is 0 Å². The quantitative estimate of drug-likeness (QED) is 0.899. The maximum atomic E-state index is 12.2. The molecular formula is C14H16ClN5O. The van der Waals surface area contributed by atoms with Crippen molar-refractivity contribution in [2.75, 3.05) is 13.1 Å². The Labute approximate surface area is 127 Å². The molecular weight excluding hydrogens is 290 g/mol. The first-order valence-corrected chi connectivity index (χ1v) is 7.30. The maximum Gasteiger partial charge on any atom is 0.273 e. The van der Waals surface area contributed by atoms with Crippen LogP contribution in [0.15, 0.2) is 30.5 Å². The molecule has 6 nitrogen and oxygen atoms in total. The molecule has 3 rings (SSSR count). The van der Waals surface area contributed by atoms with E-state index in [-0.39, 0.29) is 11.9 Å². The first kappa shape index (κ1) is 14.0. The summed E-state index contributed by atoms with van der Waals surface area (Å²) in [5.41, 5.74) is 0.991. The predicted molar refractivity (Wildman–Crippen MR) is 79.7 cm³/mol. The summed E-state index contributed by atoms with van der Waals surface area (Å²) in [5, 5.41) is 14.7. The lowest BCUT2D eigenvalue weighted by molar-refractivity contribution is 0.0925. The van der Waals surface area contributed by atoms with E-state index in [2.05, 4.69) is 20.9 Å². The summed E-state index contributed by atoms with van der Waals surface area (Å²) < 4.78 is 1.51. The Bertz CT molecular complexity index is 636. The number of rotatable bonds is 3. The molecule has 0 bridgehead atoms. The lowest BCUT2D eigenvalue weighted by Crippen LogP contribution is -2.45. The molecule has 21 heavy (non-hydrogen) atoms. The molecule has 2 heterocycles. The summed E-state index contributed by atoms with van der Waals surface area (Å²) >= 11 is 6.11. The van der Waals surface area contributed by atoms with Gasteiger partial charge in [0.2, 0.25) is 0 Å². The second kappa shape index (κ2) is 6.24. The number of para-hydroxylation sites is 1. The zero-order chi connectivity index (χ0) is 14.7. The largest absolute Gasteiger partial charge is 0.347 e. The number of nitrogens with zero attached hydrogens (tertiary/aromatic N) is 3. The highest BCUT2D eigenvalue weighted by Gasteiger charge is 2.18. The lowest BCUT2D eigenvalue weighted by atomic mass is 10.1. The summed E-state index contributed by atoms with van der Waals surface area (Å²) in [6, 6.07) is 7.44. The Morgan fingerprint density at radius 2 is 2.29 bits per heavy atom. The van der Waals surface area contributed by atoms with Crippen molar-refractivity contribution in [3.8, 4) is 5.69 Å². The normalized spacial score (nSPS) is 18.4. The van der Waals surface area contributed by atoms with Crippen LogP contribution in [0.4, 0.5) is 0 Å². The van der Waals surface area contributed by atoms with Gasteiger partial charge in [-0.1, -0.05) is 28.9 Å². The third kappa shape index (κ3) is 3.22. The van der Waals surface area contributed by atoms with Crippen LogP contribution >= 0.6 is 11.6 Å². The van der Waals surface area contributed by atoms with E-state index in [0.29, 0.717) is 16.4 Å². The maximum absolute atomic E-state index is 12.2. The number of halogens is 1. The van der Waals surface area contributed by atoms with Crippen LogP contribution in [0.2, 0.25) is 5.02 Å². The molecule has 1 aliphatic heterocycles. The Kier molecular flexibility index (Phi) is 4.17. The first-order valence-electron chi connectivity index (χ1n) is 6.93. The van der Waals surface area contributed by atoms with Crippen LogP contribution in [0.5, 0.6) is 0 Å². The van der Waals surface area contributed by atoms with Gasteiger partial charge in [0.15, 0.2) is 5.69 Å². The molecule has 1 aromatic carbocycles. The van der Waals surface area contributed by atoms with Gasteiger partial charge in [-0.05, 0) is 31.5 Å². The van der Waals surface area contributed by atoms with Gasteiger partial charge in [0, 0.05) is 12.6 Å². The number of piperidine rings is 1. The zero-order valence-corrected chi connectivity index (χ0v) is 12.2. The fourth-order valence-electron chi connectivity index (χ4n) is 2.36. The van der Waals surface area contributed by atoms with Gasteiger partial charge in [-0.25, -0.2) is 4.68 Å². The van der Waals surface area contributed by atoms with Crippen molar-refractivity contribution >= 4 is 17.5 Å². The van der Waals surface area contributed by atoms with E-state index in [1.54, 1.807) is 12.3 Å². The van der Waals surface area contributed by atoms with Gasteiger partial charge >= 0.3 is 0 Å². The van der Waals surface area contributed by atoms with E-state index in [9.17, 15) is 4.79 Å². The van der Waals surface area contributed by atoms with E-state index in [4.69, 9.17) is 11.6 Å². The van der Waals surface area contributed by atoms with Gasteiger partial charge in [0.1, 0.15) is 0 Å². The number of amides is 1. The number of hydrogen-bond donors (Lipinski definition) is 2. The molecule has 2 aromatic rings. The number of carbonyl (C=O) groups is 1. The average molecular weight is 306 g/mol. The fraction of sp³-hybridized carbons (Fsp3) is 0.357. The first-order chi connectivity index (χ1) is 10.2. The molecule has 1 aliphatic rings. The molecule has 7 heteroatoms. The average Bonchev–Trinajstić information content (AvgIpc) is 2.98. The third-order valence-corrected chi connectivity index (χ3v) is 3.78. The van der Waals surface area contributed by atoms with Crippen molar-refractivity contribution < 1.29 is 4.79 Å². The minimum Gasteiger partial charge on any atom is -0.347 e. The minimum absolute atomic E-state index is 0.150. The van der Waals surface area contributed by atoms with Crippen LogP contribution in [0, 0.1) is 0 Å². The van der Waals surface area contributed by atoms with Gasteiger partial charge in [-0.3, -0.25) is 4.79 Å². The number of nitrogens with one attached hydrogen (secondary N) is 2. The number of hydrogen-bond acceptors (Lipinski definition) is 4. The second-order valence-electron chi connectivity index (χ2n) is 5.02. The summed E-state index contributed by atoms with van der Waals surface area (Å²) in [6.45, 7) is 1.81. The standard InChI is InChI=1S/C14H16ClN5O/c15-11-5-1-2-6-13(11)20-9-12(18-19-20)14(21)17-10-4-3-7-16-8-10/h1-2,5-6,9-10,16H,3-4,7-8H2,(H,17,21)/t10-/m0/s1. The van der Waals surface area contributed by atoms with Gasteiger partial charge in [-0.2, -0.15) is 0 Å². The topological polar surface area (TPSA) is 71.8 Å². The molecule has 0 spiro atoms. The molecule has 0 saturated carbocycles. The van der Waals surface area contributed by atoms with E-state index in [1.807, 2.05) is 18.2 Å². The van der Waals surface area contributed by atoms with Gasteiger partial charge in [0.05, 0.1) is 16.9 Å². The Hall–Kier alpha value is -1.92. The van der Waals surface area contributed by atoms with Crippen LogP contribution < -0.4 is 10.6 Å². The van der Waals surface area contributed by atoms with Gasteiger partial charge in [-0.15, -0.1) is 5.10 Å². The molecule has 1 aromatic heterocycles. The number of carbonyl (C=O) groups excluding carboxylic acids is 1. The Morgan fingerprint density at radius 3 is 3.05 bits per heavy atom. The van der Waals surface area contributed by atoms with E-state index >= 15 is 0 Å². The molecule has 0 unspecified atom stereocenters. The van der Waals surface area contributed by atoms with Crippen LogP contribution in [-0.4, -0.2) is 40.0 Å². The molecule has 0 radical (unpaired) electrons. The van der Waals surface area contributed by atoms with Crippen molar-refractivity contribution in [3.05, 3.63) is 41.2 Å². The fourth-order valence-corrected chi connectivity index (χ4v) is 2.58. The highest BCUT2D eigenvalue weighted by atomic mass is 35.5. The van der Waals surface area contributed by atoms with E-state index < -0.39 is 0 Å². The molecule has 1 atom stereocenters. The molecule has 1 fully saturated rings. The Balaban J connectivity index is 1.72. The van der Waals surface area contributed by atoms with Crippen LogP contribution in [0.3, 0.4) is 0 Å². The third-order valence-electron chi connectivity index (χ3n) is 3.46. The van der Waals surface area contributed by atoms with Crippen molar-refractivity contribution in [2.45, 2.75) is 18.9 Å². The zero-order valence-electron chi connectivity index (χ0n) is 11.4. The summed E-state index contributed by atoms with van der Waals surface area (Å²) in [7, 11) is 0. The minimum atomic E-state index is -0.206. The molecule has 110 valence electrons. The predicted octanol–water partition coefficient (Wildman–Crippen LogP) is 1.40. The highest BCUT2D eigenvalue weighted by Crippen LogP contribution is 2.18. The van der Waals surface area contributed by atoms with Crippen molar-refractivity contribution in [1.29, 1.82) is 0 Å². The number of aromatic nitrogens is 3. The van der Waals surface area contributed by atoms with Crippen LogP contribution in [0.25, 0.3) is 5.69 Å². The van der Waals surface area contributed by atoms with Gasteiger partial charge < -0.3 is 10.6 Å². The Morgan fingerprint density at radius 1 is 1.43 bits per heavy atom. The highest BCUT2D eigenvalue weighted by molar-refractivity contribution is 6.32. The second-order valence-corrected chi connectivity index (χ2v) is 5.42. The van der Waals surface area contributed by atoms with Crippen LogP contribution in [-0.2, 0) is 0 Å². The lowest BCUT2D eigenvalue weighted by Gasteiger charge is -2.23. The number of benzene rings is 1. The van der Waals surface area contributed by atoms with E-state index in [1.165, 1.54) is 4.68 Å².